The number of ether oxygens (including phenoxy) is 2. The minimum atomic E-state index is -1.02. The van der Waals surface area contributed by atoms with Crippen molar-refractivity contribution in [2.45, 2.75) is 64.0 Å². The van der Waals surface area contributed by atoms with E-state index in [9.17, 15) is 14.7 Å². The molecule has 3 unspecified atom stereocenters. The van der Waals surface area contributed by atoms with Gasteiger partial charge in [0.1, 0.15) is 18.4 Å². The predicted octanol–water partition coefficient (Wildman–Crippen LogP) is 5.47. The highest BCUT2D eigenvalue weighted by Gasteiger charge is 2.50. The number of carbonyl (C=O) groups excluding carboxylic acids is 1. The summed E-state index contributed by atoms with van der Waals surface area (Å²) in [4.78, 5) is 28.1. The number of carbonyl (C=O) groups is 2. The molecule has 3 aromatic carbocycles. The maximum atomic E-state index is 14.1. The van der Waals surface area contributed by atoms with Gasteiger partial charge in [-0.15, -0.1) is 0 Å². The number of carboxylic acid groups (broad SMARTS) is 1. The van der Waals surface area contributed by atoms with Crippen molar-refractivity contribution >= 4 is 11.9 Å². The fourth-order valence-electron chi connectivity index (χ4n) is 6.19. The second-order valence-electron chi connectivity index (χ2n) is 10.9. The topological polar surface area (TPSA) is 76.1 Å². The Morgan fingerprint density at radius 1 is 1.00 bits per heavy atom. The van der Waals surface area contributed by atoms with Gasteiger partial charge in [-0.2, -0.15) is 0 Å². The van der Waals surface area contributed by atoms with Crippen LogP contribution in [0, 0.1) is 18.8 Å². The third-order valence-corrected chi connectivity index (χ3v) is 8.38. The fraction of sp³-hybridized carbons (Fsp3) is 0.375. The Morgan fingerprint density at radius 2 is 1.74 bits per heavy atom. The number of aliphatic carboxylic acids is 1. The van der Waals surface area contributed by atoms with E-state index in [1.54, 1.807) is 0 Å². The summed E-state index contributed by atoms with van der Waals surface area (Å²) >= 11 is 0. The first-order chi connectivity index (χ1) is 18.5. The zero-order valence-corrected chi connectivity index (χ0v) is 21.6. The number of hydrogen-bond acceptors (Lipinski definition) is 4. The number of amides is 1. The molecule has 0 saturated heterocycles. The van der Waals surface area contributed by atoms with Crippen LogP contribution in [0.4, 0.5) is 0 Å². The summed E-state index contributed by atoms with van der Waals surface area (Å²) in [5, 5.41) is 10.3. The lowest BCUT2D eigenvalue weighted by Gasteiger charge is -2.38. The summed E-state index contributed by atoms with van der Waals surface area (Å²) < 4.78 is 12.7. The number of carboxylic acids is 1. The Bertz CT molecular complexity index is 1320. The molecule has 3 aliphatic rings. The Morgan fingerprint density at radius 3 is 2.39 bits per heavy atom. The number of benzene rings is 3. The average molecular weight is 512 g/mol. The van der Waals surface area contributed by atoms with Crippen LogP contribution in [0.3, 0.4) is 0 Å². The van der Waals surface area contributed by atoms with Crippen molar-refractivity contribution in [2.24, 2.45) is 11.8 Å². The second kappa shape index (κ2) is 10.3. The maximum absolute atomic E-state index is 14.1. The van der Waals surface area contributed by atoms with E-state index in [0.717, 1.165) is 46.6 Å². The Labute approximate surface area is 223 Å². The van der Waals surface area contributed by atoms with E-state index < -0.39 is 18.1 Å². The molecule has 0 radical (unpaired) electrons. The van der Waals surface area contributed by atoms with Gasteiger partial charge in [-0.25, -0.2) is 4.79 Å². The van der Waals surface area contributed by atoms with Gasteiger partial charge >= 0.3 is 5.97 Å². The van der Waals surface area contributed by atoms with Crippen LogP contribution in [0.5, 0.6) is 5.75 Å². The second-order valence-corrected chi connectivity index (χ2v) is 10.9. The molecule has 0 aromatic heterocycles. The van der Waals surface area contributed by atoms with Crippen LogP contribution in [0.25, 0.3) is 0 Å². The molecule has 1 N–H and O–H groups in total. The first kappa shape index (κ1) is 24.7. The molecule has 6 rings (SSSR count). The van der Waals surface area contributed by atoms with Gasteiger partial charge in [0.25, 0.3) is 5.91 Å². The van der Waals surface area contributed by atoms with Crippen LogP contribution < -0.4 is 4.74 Å². The van der Waals surface area contributed by atoms with Gasteiger partial charge in [0.05, 0.1) is 6.10 Å². The van der Waals surface area contributed by atoms with E-state index in [-0.39, 0.29) is 25.0 Å². The molecule has 1 aliphatic heterocycles. The first-order valence-electron chi connectivity index (χ1n) is 13.5. The standard InChI is InChI=1S/C32H33NO5/c1-20-12-13-24-18-33(27(32(35)36)17-26(24)29(20)37-19-21-8-4-2-5-9-21)31(34)30(22-10-6-3-7-11-22)38-28-15-14-23-16-25(23)28/h2-13,23,25,27-28,30H,14-19H2,1H3,(H,35,36)/t23?,25?,27-,28?,30+/m0/s1. The molecular weight excluding hydrogens is 478 g/mol. The smallest absolute Gasteiger partial charge is 0.326 e. The van der Waals surface area contributed by atoms with Crippen LogP contribution in [0.2, 0.25) is 0 Å². The molecule has 5 atom stereocenters. The molecule has 38 heavy (non-hydrogen) atoms. The van der Waals surface area contributed by atoms with Crippen molar-refractivity contribution in [3.05, 3.63) is 101 Å². The lowest BCUT2D eigenvalue weighted by molar-refractivity contribution is -0.160. The van der Waals surface area contributed by atoms with E-state index in [1.165, 1.54) is 11.3 Å². The minimum absolute atomic E-state index is 0.0511. The molecule has 6 heteroatoms. The normalized spacial score (nSPS) is 24.3. The summed E-state index contributed by atoms with van der Waals surface area (Å²) in [6.07, 6.45) is 2.69. The van der Waals surface area contributed by atoms with Crippen LogP contribution in [-0.2, 0) is 33.9 Å². The highest BCUT2D eigenvalue weighted by molar-refractivity contribution is 5.88. The summed E-state index contributed by atoms with van der Waals surface area (Å²) in [6.45, 7) is 2.57. The SMILES string of the molecule is Cc1ccc2c(c1OCc1ccccc1)C[C@@H](C(=O)O)N(C(=O)[C@H](OC1CCC3CC31)c1ccccc1)C2. The Balaban J connectivity index is 1.29. The number of aryl methyl sites for hydroxylation is 1. The predicted molar refractivity (Wildman–Crippen MR) is 143 cm³/mol. The highest BCUT2D eigenvalue weighted by Crippen LogP contribution is 2.54. The third-order valence-electron chi connectivity index (χ3n) is 8.38. The number of nitrogens with zero attached hydrogens (tertiary/aromatic N) is 1. The van der Waals surface area contributed by atoms with Crippen molar-refractivity contribution in [1.82, 2.24) is 4.90 Å². The van der Waals surface area contributed by atoms with Gasteiger partial charge in [-0.1, -0.05) is 72.8 Å². The Hall–Kier alpha value is -3.64. The fourth-order valence-corrected chi connectivity index (χ4v) is 6.19. The maximum Gasteiger partial charge on any atom is 0.326 e. The summed E-state index contributed by atoms with van der Waals surface area (Å²) in [5.41, 5.74) is 4.55. The molecular formula is C32H33NO5. The van der Waals surface area contributed by atoms with E-state index in [0.29, 0.717) is 18.3 Å². The quantitative estimate of drug-likeness (QED) is 0.434. The van der Waals surface area contributed by atoms with Gasteiger partial charge in [0.15, 0.2) is 6.10 Å². The minimum Gasteiger partial charge on any atom is -0.488 e. The van der Waals surface area contributed by atoms with Crippen molar-refractivity contribution < 1.29 is 24.2 Å². The van der Waals surface area contributed by atoms with Crippen LogP contribution >= 0.6 is 0 Å². The third kappa shape index (κ3) is 4.81. The molecule has 2 aliphatic carbocycles. The molecule has 1 amide bonds. The molecule has 0 spiro atoms. The monoisotopic (exact) mass is 511 g/mol. The molecule has 0 bridgehead atoms. The van der Waals surface area contributed by atoms with Gasteiger partial charge < -0.3 is 19.5 Å². The van der Waals surface area contributed by atoms with Crippen molar-refractivity contribution in [1.29, 1.82) is 0 Å². The van der Waals surface area contributed by atoms with Crippen molar-refractivity contribution in [3.63, 3.8) is 0 Å². The number of fused-ring (bicyclic) bond motifs is 2. The summed E-state index contributed by atoms with van der Waals surface area (Å²) in [5.74, 6) is 0.655. The molecule has 2 fully saturated rings. The van der Waals surface area contributed by atoms with Crippen molar-refractivity contribution in [3.8, 4) is 5.75 Å². The molecule has 1 heterocycles. The van der Waals surface area contributed by atoms with E-state index in [1.807, 2.05) is 79.7 Å². The summed E-state index contributed by atoms with van der Waals surface area (Å²) in [6, 6.07) is 22.4. The van der Waals surface area contributed by atoms with Crippen LogP contribution in [0.15, 0.2) is 72.8 Å². The molecule has 2 saturated carbocycles. The van der Waals surface area contributed by atoms with Crippen LogP contribution in [0.1, 0.15) is 53.2 Å². The zero-order chi connectivity index (χ0) is 26.2. The van der Waals surface area contributed by atoms with Gasteiger partial charge in [-0.05, 0) is 60.3 Å². The van der Waals surface area contributed by atoms with E-state index >= 15 is 0 Å². The van der Waals surface area contributed by atoms with Gasteiger partial charge in [-0.3, -0.25) is 4.79 Å². The van der Waals surface area contributed by atoms with Crippen molar-refractivity contribution in [2.75, 3.05) is 0 Å². The van der Waals surface area contributed by atoms with Crippen LogP contribution in [-0.4, -0.2) is 34.0 Å². The highest BCUT2D eigenvalue weighted by atomic mass is 16.5. The molecule has 6 nitrogen and oxygen atoms in total. The Kier molecular flexibility index (Phi) is 6.66. The lowest BCUT2D eigenvalue weighted by Crippen LogP contribution is -2.51. The van der Waals surface area contributed by atoms with Gasteiger partial charge in [0.2, 0.25) is 0 Å². The number of rotatable bonds is 8. The zero-order valence-electron chi connectivity index (χ0n) is 21.6. The molecule has 196 valence electrons. The largest absolute Gasteiger partial charge is 0.488 e. The summed E-state index contributed by atoms with van der Waals surface area (Å²) in [7, 11) is 0. The van der Waals surface area contributed by atoms with E-state index in [2.05, 4.69) is 0 Å². The lowest BCUT2D eigenvalue weighted by atomic mass is 9.90. The van der Waals surface area contributed by atoms with Gasteiger partial charge in [0, 0.05) is 18.5 Å². The first-order valence-corrected chi connectivity index (χ1v) is 13.5. The van der Waals surface area contributed by atoms with E-state index in [4.69, 9.17) is 9.47 Å². The average Bonchev–Trinajstić information content (AvgIpc) is 3.62. The molecule has 3 aromatic rings. The number of hydrogen-bond donors (Lipinski definition) is 1.